The standard InChI is InChI=1S/C26H36FN5O3/c27-22-1-3-24(4-2-22)31-7-9-32(10-8-31)26(33)16-20-5-6-28-18-21(20)15-23-17-25(35-29-23)19-30-11-13-34-14-12-30/h1-4,17,20-21,28H,5-16,18-19H2/t20-,21-/m0/s1. The lowest BCUT2D eigenvalue weighted by Gasteiger charge is -2.38. The summed E-state index contributed by atoms with van der Waals surface area (Å²) in [6, 6.07) is 8.68. The first kappa shape index (κ1) is 24.2. The van der Waals surface area contributed by atoms with Crippen LogP contribution < -0.4 is 10.2 Å². The summed E-state index contributed by atoms with van der Waals surface area (Å²) in [6.45, 7) is 8.98. The van der Waals surface area contributed by atoms with Gasteiger partial charge in [0, 0.05) is 57.4 Å². The van der Waals surface area contributed by atoms with Gasteiger partial charge in [0.2, 0.25) is 5.91 Å². The van der Waals surface area contributed by atoms with Gasteiger partial charge in [0.1, 0.15) is 5.82 Å². The van der Waals surface area contributed by atoms with Crippen LogP contribution in [0.1, 0.15) is 24.3 Å². The highest BCUT2D eigenvalue weighted by Crippen LogP contribution is 2.28. The van der Waals surface area contributed by atoms with E-state index in [1.54, 1.807) is 0 Å². The Morgan fingerprint density at radius 3 is 2.60 bits per heavy atom. The summed E-state index contributed by atoms with van der Waals surface area (Å²) in [5.41, 5.74) is 1.99. The maximum atomic E-state index is 13.2. The topological polar surface area (TPSA) is 74.1 Å². The Hall–Kier alpha value is -2.49. The van der Waals surface area contributed by atoms with Crippen LogP contribution in [0.3, 0.4) is 0 Å². The number of anilines is 1. The molecule has 2 aromatic rings. The van der Waals surface area contributed by atoms with Gasteiger partial charge in [-0.15, -0.1) is 0 Å². The number of halogens is 1. The number of piperidine rings is 1. The molecule has 3 aliphatic heterocycles. The average molecular weight is 486 g/mol. The first-order valence-corrected chi connectivity index (χ1v) is 12.9. The Morgan fingerprint density at radius 2 is 1.83 bits per heavy atom. The van der Waals surface area contributed by atoms with E-state index in [-0.39, 0.29) is 11.7 Å². The van der Waals surface area contributed by atoms with Crippen LogP contribution in [0.4, 0.5) is 10.1 Å². The van der Waals surface area contributed by atoms with E-state index in [0.29, 0.717) is 31.3 Å². The summed E-state index contributed by atoms with van der Waals surface area (Å²) in [6.07, 6.45) is 2.42. The normalized spacial score (nSPS) is 24.0. The molecule has 4 heterocycles. The fourth-order valence-electron chi connectivity index (χ4n) is 5.48. The molecule has 1 aromatic heterocycles. The Morgan fingerprint density at radius 1 is 1.06 bits per heavy atom. The van der Waals surface area contributed by atoms with Gasteiger partial charge in [-0.2, -0.15) is 0 Å². The smallest absolute Gasteiger partial charge is 0.222 e. The third-order valence-electron chi connectivity index (χ3n) is 7.59. The largest absolute Gasteiger partial charge is 0.379 e. The van der Waals surface area contributed by atoms with Crippen LogP contribution >= 0.6 is 0 Å². The second kappa shape index (κ2) is 11.5. The molecule has 1 amide bonds. The second-order valence-corrected chi connectivity index (χ2v) is 9.94. The molecule has 3 aliphatic rings. The number of ether oxygens (including phenoxy) is 1. The second-order valence-electron chi connectivity index (χ2n) is 9.94. The number of morpholine rings is 1. The Balaban J connectivity index is 1.11. The van der Waals surface area contributed by atoms with Gasteiger partial charge < -0.3 is 24.4 Å². The molecule has 9 heteroatoms. The number of nitrogens with zero attached hydrogens (tertiary/aromatic N) is 4. The molecule has 35 heavy (non-hydrogen) atoms. The number of hydrogen-bond acceptors (Lipinski definition) is 7. The van der Waals surface area contributed by atoms with Crippen molar-refractivity contribution in [3.63, 3.8) is 0 Å². The molecule has 3 fully saturated rings. The quantitative estimate of drug-likeness (QED) is 0.644. The summed E-state index contributed by atoms with van der Waals surface area (Å²) in [5, 5.41) is 7.84. The van der Waals surface area contributed by atoms with Gasteiger partial charge in [0.25, 0.3) is 0 Å². The van der Waals surface area contributed by atoms with Crippen LogP contribution in [0.2, 0.25) is 0 Å². The fraction of sp³-hybridized carbons (Fsp3) is 0.615. The van der Waals surface area contributed by atoms with Gasteiger partial charge in [-0.3, -0.25) is 9.69 Å². The zero-order valence-electron chi connectivity index (χ0n) is 20.3. The molecule has 1 N–H and O–H groups in total. The molecule has 0 bridgehead atoms. The molecule has 8 nitrogen and oxygen atoms in total. The number of rotatable bonds is 7. The Bertz CT molecular complexity index is 954. The van der Waals surface area contributed by atoms with E-state index in [1.165, 1.54) is 12.1 Å². The molecule has 1 aromatic carbocycles. The van der Waals surface area contributed by atoms with Crippen LogP contribution in [-0.4, -0.2) is 86.4 Å². The maximum absolute atomic E-state index is 13.2. The first-order chi connectivity index (χ1) is 17.1. The number of carbonyl (C=O) groups excluding carboxylic acids is 1. The van der Waals surface area contributed by atoms with Crippen LogP contribution in [0.15, 0.2) is 34.9 Å². The molecule has 0 aliphatic carbocycles. The van der Waals surface area contributed by atoms with Crippen molar-refractivity contribution in [1.29, 1.82) is 0 Å². The highest BCUT2D eigenvalue weighted by Gasteiger charge is 2.31. The van der Waals surface area contributed by atoms with Crippen LogP contribution in [-0.2, 0) is 22.5 Å². The average Bonchev–Trinajstić information content (AvgIpc) is 3.33. The number of amides is 1. The number of hydrogen-bond donors (Lipinski definition) is 1. The molecule has 190 valence electrons. The zero-order chi connectivity index (χ0) is 24.0. The van der Waals surface area contributed by atoms with E-state index in [4.69, 9.17) is 9.26 Å². The van der Waals surface area contributed by atoms with Crippen LogP contribution in [0, 0.1) is 17.7 Å². The van der Waals surface area contributed by atoms with Crippen molar-refractivity contribution >= 4 is 11.6 Å². The SMILES string of the molecule is O=C(C[C@@H]1CCNC[C@@H]1Cc1cc(CN2CCOCC2)on1)N1CCN(c2ccc(F)cc2)CC1. The third kappa shape index (κ3) is 6.39. The molecule has 3 saturated heterocycles. The molecule has 0 saturated carbocycles. The molecule has 0 unspecified atom stereocenters. The van der Waals surface area contributed by atoms with Crippen molar-refractivity contribution in [3.05, 3.63) is 47.6 Å². The third-order valence-corrected chi connectivity index (χ3v) is 7.59. The lowest BCUT2D eigenvalue weighted by Crippen LogP contribution is -2.50. The van der Waals surface area contributed by atoms with Gasteiger partial charge in [0.15, 0.2) is 5.76 Å². The van der Waals surface area contributed by atoms with Crippen molar-refractivity contribution in [2.75, 3.05) is 70.5 Å². The van der Waals surface area contributed by atoms with Crippen molar-refractivity contribution in [2.45, 2.75) is 25.8 Å². The highest BCUT2D eigenvalue weighted by atomic mass is 19.1. The maximum Gasteiger partial charge on any atom is 0.222 e. The van der Waals surface area contributed by atoms with Gasteiger partial charge >= 0.3 is 0 Å². The number of piperazine rings is 1. The van der Waals surface area contributed by atoms with E-state index in [2.05, 4.69) is 26.3 Å². The van der Waals surface area contributed by atoms with E-state index in [1.807, 2.05) is 17.0 Å². The molecule has 0 spiro atoms. The van der Waals surface area contributed by atoms with E-state index < -0.39 is 0 Å². The van der Waals surface area contributed by atoms with Crippen molar-refractivity contribution < 1.29 is 18.4 Å². The summed E-state index contributed by atoms with van der Waals surface area (Å²) in [5.74, 6) is 1.64. The fourth-order valence-corrected chi connectivity index (χ4v) is 5.48. The monoisotopic (exact) mass is 485 g/mol. The molecule has 0 radical (unpaired) electrons. The van der Waals surface area contributed by atoms with E-state index in [9.17, 15) is 9.18 Å². The Labute approximate surface area is 206 Å². The highest BCUT2D eigenvalue weighted by molar-refractivity contribution is 5.77. The predicted molar refractivity (Wildman–Crippen MR) is 131 cm³/mol. The lowest BCUT2D eigenvalue weighted by atomic mass is 9.81. The van der Waals surface area contributed by atoms with E-state index in [0.717, 1.165) is 89.0 Å². The van der Waals surface area contributed by atoms with Gasteiger partial charge in [-0.05, 0) is 62.0 Å². The zero-order valence-corrected chi connectivity index (χ0v) is 20.3. The van der Waals surface area contributed by atoms with E-state index >= 15 is 0 Å². The minimum Gasteiger partial charge on any atom is -0.379 e. The van der Waals surface area contributed by atoms with Crippen molar-refractivity contribution in [3.8, 4) is 0 Å². The summed E-state index contributed by atoms with van der Waals surface area (Å²) in [4.78, 5) is 19.7. The van der Waals surface area contributed by atoms with Gasteiger partial charge in [-0.1, -0.05) is 5.16 Å². The number of aromatic nitrogens is 1. The molecular formula is C26H36FN5O3. The minimum atomic E-state index is -0.224. The van der Waals surface area contributed by atoms with Crippen molar-refractivity contribution in [2.24, 2.45) is 11.8 Å². The van der Waals surface area contributed by atoms with Crippen molar-refractivity contribution in [1.82, 2.24) is 20.3 Å². The van der Waals surface area contributed by atoms with Gasteiger partial charge in [0.05, 0.1) is 25.5 Å². The minimum absolute atomic E-state index is 0.224. The predicted octanol–water partition coefficient (Wildman–Crippen LogP) is 2.15. The first-order valence-electron chi connectivity index (χ1n) is 12.9. The summed E-state index contributed by atoms with van der Waals surface area (Å²) in [7, 11) is 0. The van der Waals surface area contributed by atoms with Gasteiger partial charge in [-0.25, -0.2) is 4.39 Å². The number of benzene rings is 1. The lowest BCUT2D eigenvalue weighted by molar-refractivity contribution is -0.133. The summed E-state index contributed by atoms with van der Waals surface area (Å²) < 4.78 is 24.3. The summed E-state index contributed by atoms with van der Waals surface area (Å²) >= 11 is 0. The molecule has 2 atom stereocenters. The molecular weight excluding hydrogens is 449 g/mol. The van der Waals surface area contributed by atoms with Crippen LogP contribution in [0.5, 0.6) is 0 Å². The number of carbonyl (C=O) groups is 1. The van der Waals surface area contributed by atoms with Crippen LogP contribution in [0.25, 0.3) is 0 Å². The number of nitrogens with one attached hydrogen (secondary N) is 1. The Kier molecular flexibility index (Phi) is 7.95. The molecule has 5 rings (SSSR count).